The fourth-order valence-corrected chi connectivity index (χ4v) is 3.75. The molecule has 1 aliphatic carbocycles. The lowest BCUT2D eigenvalue weighted by molar-refractivity contribution is 0.553. The molecule has 0 spiro atoms. The van der Waals surface area contributed by atoms with Crippen LogP contribution in [0.25, 0.3) is 0 Å². The topological polar surface area (TPSA) is 15.3 Å². The van der Waals surface area contributed by atoms with Crippen LogP contribution in [-0.4, -0.2) is 19.6 Å². The van der Waals surface area contributed by atoms with Crippen molar-refractivity contribution in [3.8, 4) is 0 Å². The Balaban J connectivity index is 1.75. The van der Waals surface area contributed by atoms with Gasteiger partial charge < -0.3 is 10.2 Å². The first-order valence-electron chi connectivity index (χ1n) is 7.35. The Hall–Kier alpha value is -1.02. The Morgan fingerprint density at radius 3 is 2.56 bits per heavy atom. The molecular formula is C16H24N2. The Kier molecular flexibility index (Phi) is 3.29. The molecule has 3 rings (SSSR count). The van der Waals surface area contributed by atoms with Gasteiger partial charge in [0.25, 0.3) is 0 Å². The molecule has 18 heavy (non-hydrogen) atoms. The van der Waals surface area contributed by atoms with Crippen molar-refractivity contribution >= 4 is 5.69 Å². The predicted octanol–water partition coefficient (Wildman–Crippen LogP) is 3.35. The molecule has 2 heteroatoms. The van der Waals surface area contributed by atoms with Gasteiger partial charge in [-0.25, -0.2) is 0 Å². The van der Waals surface area contributed by atoms with Crippen molar-refractivity contribution in [2.24, 2.45) is 5.92 Å². The molecule has 2 aliphatic rings. The van der Waals surface area contributed by atoms with Gasteiger partial charge in [-0.15, -0.1) is 0 Å². The number of hydrogen-bond donors (Lipinski definition) is 1. The number of fused-ring (bicyclic) bond motifs is 2. The number of rotatable bonds is 4. The monoisotopic (exact) mass is 244 g/mol. The molecule has 1 aromatic rings. The van der Waals surface area contributed by atoms with Crippen LogP contribution in [0.1, 0.15) is 44.2 Å². The smallest absolute Gasteiger partial charge is 0.0369 e. The Morgan fingerprint density at radius 1 is 1.28 bits per heavy atom. The van der Waals surface area contributed by atoms with Gasteiger partial charge in [-0.3, -0.25) is 0 Å². The van der Waals surface area contributed by atoms with Crippen LogP contribution in [0.5, 0.6) is 0 Å². The van der Waals surface area contributed by atoms with Gasteiger partial charge in [0.15, 0.2) is 0 Å². The molecule has 2 fully saturated rings. The lowest BCUT2D eigenvalue weighted by Gasteiger charge is -2.29. The summed E-state index contributed by atoms with van der Waals surface area (Å²) in [6.07, 6.45) is 5.43. The minimum absolute atomic E-state index is 0.495. The third-order valence-corrected chi connectivity index (χ3v) is 4.79. The van der Waals surface area contributed by atoms with E-state index in [0.717, 1.165) is 18.4 Å². The third kappa shape index (κ3) is 2.03. The Labute approximate surface area is 110 Å². The van der Waals surface area contributed by atoms with Gasteiger partial charge >= 0.3 is 0 Å². The normalized spacial score (nSPS) is 27.8. The van der Waals surface area contributed by atoms with Gasteiger partial charge in [0.05, 0.1) is 0 Å². The molecule has 1 aromatic carbocycles. The quantitative estimate of drug-likeness (QED) is 0.874. The number of nitrogens with zero attached hydrogens (tertiary/aromatic N) is 1. The molecule has 2 nitrogen and oxygen atoms in total. The van der Waals surface area contributed by atoms with E-state index >= 15 is 0 Å². The van der Waals surface area contributed by atoms with Crippen molar-refractivity contribution in [3.63, 3.8) is 0 Å². The number of anilines is 1. The van der Waals surface area contributed by atoms with Crippen LogP contribution in [0.2, 0.25) is 0 Å². The van der Waals surface area contributed by atoms with Crippen LogP contribution < -0.4 is 10.2 Å². The molecule has 3 unspecified atom stereocenters. The van der Waals surface area contributed by atoms with Crippen molar-refractivity contribution in [3.05, 3.63) is 29.8 Å². The van der Waals surface area contributed by atoms with Crippen LogP contribution in [0.15, 0.2) is 24.3 Å². The fraction of sp³-hybridized carbons (Fsp3) is 0.625. The molecule has 3 atom stereocenters. The SMILES string of the molecule is CCC(NC)c1ccc(N2CC3CCC2C3)cc1. The zero-order valence-electron chi connectivity index (χ0n) is 11.5. The first-order chi connectivity index (χ1) is 8.81. The van der Waals surface area contributed by atoms with Gasteiger partial charge in [0, 0.05) is 24.3 Å². The van der Waals surface area contributed by atoms with E-state index in [1.807, 2.05) is 7.05 Å². The fourth-order valence-electron chi connectivity index (χ4n) is 3.75. The average molecular weight is 244 g/mol. The number of hydrogen-bond acceptors (Lipinski definition) is 2. The molecule has 1 aliphatic heterocycles. The second-order valence-electron chi connectivity index (χ2n) is 5.83. The maximum atomic E-state index is 3.37. The first kappa shape index (κ1) is 12.0. The van der Waals surface area contributed by atoms with E-state index in [1.54, 1.807) is 0 Å². The molecular weight excluding hydrogens is 220 g/mol. The van der Waals surface area contributed by atoms with Crippen LogP contribution in [0.4, 0.5) is 5.69 Å². The summed E-state index contributed by atoms with van der Waals surface area (Å²) in [7, 11) is 2.04. The van der Waals surface area contributed by atoms with Gasteiger partial charge in [0.1, 0.15) is 0 Å². The van der Waals surface area contributed by atoms with Crippen molar-refractivity contribution in [1.82, 2.24) is 5.32 Å². The highest BCUT2D eigenvalue weighted by molar-refractivity contribution is 5.50. The maximum absolute atomic E-state index is 3.37. The summed E-state index contributed by atoms with van der Waals surface area (Å²) in [6.45, 7) is 3.52. The van der Waals surface area contributed by atoms with Crippen LogP contribution >= 0.6 is 0 Å². The molecule has 1 saturated carbocycles. The largest absolute Gasteiger partial charge is 0.368 e. The van der Waals surface area contributed by atoms with Gasteiger partial charge in [-0.05, 0) is 56.3 Å². The zero-order valence-corrected chi connectivity index (χ0v) is 11.5. The lowest BCUT2D eigenvalue weighted by atomic mass is 10.0. The zero-order chi connectivity index (χ0) is 12.5. The van der Waals surface area contributed by atoms with Crippen molar-refractivity contribution in [2.45, 2.75) is 44.7 Å². The number of benzene rings is 1. The van der Waals surface area contributed by atoms with E-state index in [4.69, 9.17) is 0 Å². The lowest BCUT2D eigenvalue weighted by Crippen LogP contribution is -2.31. The van der Waals surface area contributed by atoms with Crippen LogP contribution in [0.3, 0.4) is 0 Å². The Morgan fingerprint density at radius 2 is 2.06 bits per heavy atom. The second-order valence-corrected chi connectivity index (χ2v) is 5.83. The summed E-state index contributed by atoms with van der Waals surface area (Å²) in [4.78, 5) is 2.62. The van der Waals surface area contributed by atoms with E-state index in [9.17, 15) is 0 Å². The maximum Gasteiger partial charge on any atom is 0.0369 e. The predicted molar refractivity (Wildman–Crippen MR) is 77.0 cm³/mol. The van der Waals surface area contributed by atoms with Gasteiger partial charge in [-0.2, -0.15) is 0 Å². The molecule has 98 valence electrons. The van der Waals surface area contributed by atoms with Crippen LogP contribution in [0, 0.1) is 5.92 Å². The summed E-state index contributed by atoms with van der Waals surface area (Å²) in [5.74, 6) is 0.968. The van der Waals surface area contributed by atoms with Crippen LogP contribution in [-0.2, 0) is 0 Å². The minimum atomic E-state index is 0.495. The van der Waals surface area contributed by atoms with Crippen molar-refractivity contribution < 1.29 is 0 Å². The molecule has 0 aromatic heterocycles. The summed E-state index contributed by atoms with van der Waals surface area (Å²) < 4.78 is 0. The Bertz CT molecular complexity index is 394. The highest BCUT2D eigenvalue weighted by Gasteiger charge is 2.37. The summed E-state index contributed by atoms with van der Waals surface area (Å²) in [5, 5.41) is 3.37. The van der Waals surface area contributed by atoms with E-state index in [0.29, 0.717) is 6.04 Å². The first-order valence-corrected chi connectivity index (χ1v) is 7.35. The van der Waals surface area contributed by atoms with Crippen molar-refractivity contribution in [2.75, 3.05) is 18.5 Å². The molecule has 1 N–H and O–H groups in total. The average Bonchev–Trinajstić information content (AvgIpc) is 3.03. The van der Waals surface area contributed by atoms with Crippen molar-refractivity contribution in [1.29, 1.82) is 0 Å². The summed E-state index contributed by atoms with van der Waals surface area (Å²) >= 11 is 0. The van der Waals surface area contributed by atoms with E-state index in [2.05, 4.69) is 41.4 Å². The molecule has 1 saturated heterocycles. The molecule has 0 amide bonds. The number of piperidine rings is 1. The molecule has 2 bridgehead atoms. The minimum Gasteiger partial charge on any atom is -0.368 e. The van der Waals surface area contributed by atoms with Gasteiger partial charge in [0.2, 0.25) is 0 Å². The highest BCUT2D eigenvalue weighted by Crippen LogP contribution is 2.40. The van der Waals surface area contributed by atoms with E-state index in [1.165, 1.54) is 37.1 Å². The standard InChI is InChI=1S/C16H24N2/c1-3-16(17-2)13-5-8-14(9-6-13)18-11-12-4-7-15(18)10-12/h5-6,8-9,12,15-17H,3-4,7,10-11H2,1-2H3. The molecule has 0 radical (unpaired) electrons. The third-order valence-electron chi connectivity index (χ3n) is 4.79. The number of nitrogens with one attached hydrogen (secondary N) is 1. The van der Waals surface area contributed by atoms with E-state index in [-0.39, 0.29) is 0 Å². The highest BCUT2D eigenvalue weighted by atomic mass is 15.2. The molecule has 1 heterocycles. The van der Waals surface area contributed by atoms with Gasteiger partial charge in [-0.1, -0.05) is 19.1 Å². The van der Waals surface area contributed by atoms with E-state index < -0.39 is 0 Å². The second kappa shape index (κ2) is 4.93. The summed E-state index contributed by atoms with van der Waals surface area (Å²) in [5.41, 5.74) is 2.84. The summed E-state index contributed by atoms with van der Waals surface area (Å²) in [6, 6.07) is 10.5.